The highest BCUT2D eigenvalue weighted by atomic mass is 19.1. The molecule has 5 aromatic rings. The molecule has 11 nitrogen and oxygen atoms in total. The van der Waals surface area contributed by atoms with Crippen LogP contribution in [0.1, 0.15) is 44.9 Å². The summed E-state index contributed by atoms with van der Waals surface area (Å²) in [5.74, 6) is -1.27. The van der Waals surface area contributed by atoms with Crippen molar-refractivity contribution in [2.24, 2.45) is 13.0 Å². The number of aromatic amines is 1. The van der Waals surface area contributed by atoms with Crippen LogP contribution in [-0.2, 0) is 16.5 Å². The van der Waals surface area contributed by atoms with Crippen molar-refractivity contribution in [2.45, 2.75) is 25.7 Å². The van der Waals surface area contributed by atoms with Crippen LogP contribution < -0.4 is 0 Å². The summed E-state index contributed by atoms with van der Waals surface area (Å²) in [7, 11) is 2.86. The third-order valence-electron chi connectivity index (χ3n) is 6.88. The molecular weight excluding hydrogens is 479 g/mol. The molecule has 1 aliphatic rings. The number of hydrogen-bond donors (Lipinski definition) is 1. The molecule has 1 fully saturated rings. The molecule has 6 heterocycles. The fraction of sp³-hybridized carbons (Fsp3) is 0.360. The second kappa shape index (κ2) is 9.04. The Morgan fingerprint density at radius 3 is 2.92 bits per heavy atom. The fourth-order valence-corrected chi connectivity index (χ4v) is 5.22. The SMILES string of the molecule is [2H]C([2H])([2H])c1nnn(C)c1-c1cnc2c3n[nH]c(C(=O)OC)c3n(C(c3ncccc3F)C3CCOCC3)c2c1. The molecule has 0 amide bonds. The quantitative estimate of drug-likeness (QED) is 0.359. The summed E-state index contributed by atoms with van der Waals surface area (Å²) in [5.41, 5.74) is 2.51. The van der Waals surface area contributed by atoms with Gasteiger partial charge in [0.05, 0.1) is 35.8 Å². The lowest BCUT2D eigenvalue weighted by atomic mass is 9.88. The number of aryl methyl sites for hydroxylation is 2. The molecule has 6 rings (SSSR count). The van der Waals surface area contributed by atoms with Crippen LogP contribution >= 0.6 is 0 Å². The number of halogens is 1. The molecule has 0 radical (unpaired) electrons. The molecule has 0 saturated carbocycles. The van der Waals surface area contributed by atoms with Crippen LogP contribution in [0.2, 0.25) is 0 Å². The lowest BCUT2D eigenvalue weighted by Crippen LogP contribution is -2.28. The molecule has 0 bridgehead atoms. The Morgan fingerprint density at radius 1 is 1.32 bits per heavy atom. The normalized spacial score (nSPS) is 17.0. The average molecular weight is 508 g/mol. The number of nitrogens with zero attached hydrogens (tertiary/aromatic N) is 7. The van der Waals surface area contributed by atoms with Crippen LogP contribution in [0.15, 0.2) is 30.6 Å². The summed E-state index contributed by atoms with van der Waals surface area (Å²) in [4.78, 5) is 21.9. The number of esters is 1. The van der Waals surface area contributed by atoms with Crippen molar-refractivity contribution in [1.82, 2.24) is 39.7 Å². The summed E-state index contributed by atoms with van der Waals surface area (Å²) < 4.78 is 53.1. The summed E-state index contributed by atoms with van der Waals surface area (Å²) in [6, 6.07) is 3.94. The Kier molecular flexibility index (Phi) is 4.87. The number of H-pyrrole nitrogens is 1. The van der Waals surface area contributed by atoms with Gasteiger partial charge in [0.1, 0.15) is 22.4 Å². The molecule has 190 valence electrons. The summed E-state index contributed by atoms with van der Waals surface area (Å²) >= 11 is 0. The van der Waals surface area contributed by atoms with Gasteiger partial charge in [0, 0.05) is 42.3 Å². The number of carbonyl (C=O) groups excluding carboxylic acids is 1. The van der Waals surface area contributed by atoms with Crippen LogP contribution in [0.25, 0.3) is 33.3 Å². The zero-order valence-electron chi connectivity index (χ0n) is 23.1. The van der Waals surface area contributed by atoms with E-state index >= 15 is 4.39 Å². The van der Waals surface area contributed by atoms with Gasteiger partial charge in [0.2, 0.25) is 0 Å². The topological polar surface area (TPSA) is 126 Å². The van der Waals surface area contributed by atoms with E-state index in [0.29, 0.717) is 53.7 Å². The monoisotopic (exact) mass is 507 g/mol. The largest absolute Gasteiger partial charge is 0.464 e. The number of carbonyl (C=O) groups is 1. The highest BCUT2D eigenvalue weighted by molar-refractivity contribution is 6.11. The Labute approximate surface area is 214 Å². The maximum absolute atomic E-state index is 15.5. The zero-order valence-corrected chi connectivity index (χ0v) is 20.1. The molecule has 1 unspecified atom stereocenters. The van der Waals surface area contributed by atoms with Crippen LogP contribution in [0.4, 0.5) is 4.39 Å². The van der Waals surface area contributed by atoms with E-state index in [0.717, 1.165) is 0 Å². The van der Waals surface area contributed by atoms with Gasteiger partial charge in [-0.3, -0.25) is 15.1 Å². The molecule has 37 heavy (non-hydrogen) atoms. The van der Waals surface area contributed by atoms with Gasteiger partial charge < -0.3 is 14.0 Å². The number of methoxy groups -OCH3 is 1. The molecule has 0 aromatic carbocycles. The van der Waals surface area contributed by atoms with E-state index in [2.05, 4.69) is 30.5 Å². The molecule has 0 aliphatic carbocycles. The molecule has 1 saturated heterocycles. The van der Waals surface area contributed by atoms with E-state index in [1.54, 1.807) is 13.1 Å². The first-order valence-corrected chi connectivity index (χ1v) is 11.8. The molecule has 0 spiro atoms. The first-order valence-electron chi connectivity index (χ1n) is 13.3. The van der Waals surface area contributed by atoms with Crippen molar-refractivity contribution >= 4 is 28.0 Å². The number of hydrogen-bond acceptors (Lipinski definition) is 8. The second-order valence-corrected chi connectivity index (χ2v) is 8.92. The minimum absolute atomic E-state index is 0.0795. The van der Waals surface area contributed by atoms with Crippen molar-refractivity contribution in [2.75, 3.05) is 20.3 Å². The number of rotatable bonds is 5. The third kappa shape index (κ3) is 3.67. The van der Waals surface area contributed by atoms with Gasteiger partial charge in [-0.25, -0.2) is 13.9 Å². The molecule has 1 N–H and O–H groups in total. The van der Waals surface area contributed by atoms with Gasteiger partial charge in [0.15, 0.2) is 5.69 Å². The van der Waals surface area contributed by atoms with Crippen LogP contribution in [0.3, 0.4) is 0 Å². The molecule has 1 aliphatic heterocycles. The van der Waals surface area contributed by atoms with Crippen LogP contribution in [0.5, 0.6) is 0 Å². The average Bonchev–Trinajstić information content (AvgIpc) is 3.63. The smallest absolute Gasteiger partial charge is 0.358 e. The minimum Gasteiger partial charge on any atom is -0.464 e. The second-order valence-electron chi connectivity index (χ2n) is 8.92. The van der Waals surface area contributed by atoms with Crippen molar-refractivity contribution in [1.29, 1.82) is 0 Å². The molecule has 1 atom stereocenters. The maximum Gasteiger partial charge on any atom is 0.358 e. The van der Waals surface area contributed by atoms with Crippen molar-refractivity contribution < 1.29 is 22.8 Å². The van der Waals surface area contributed by atoms with E-state index in [1.807, 2.05) is 4.57 Å². The standard InChI is InChI=1S/C25H25FN8O3/c1-13-22(33(2)32-29-13)15-11-17-19(28-12-15)20-24(21(31-30-20)25(35)36-3)34(17)23(14-6-9-37-10-7-14)18-16(26)5-4-8-27-18/h4-5,8,11-12,14,23H,6-7,9-10H2,1-3H3,(H,30,31)/i1D3. The summed E-state index contributed by atoms with van der Waals surface area (Å²) in [6.45, 7) is -1.55. The number of pyridine rings is 2. The maximum atomic E-state index is 15.5. The van der Waals surface area contributed by atoms with Crippen LogP contribution in [0, 0.1) is 18.6 Å². The first-order chi connectivity index (χ1) is 19.2. The predicted molar refractivity (Wildman–Crippen MR) is 131 cm³/mol. The number of fused-ring (bicyclic) bond motifs is 3. The van der Waals surface area contributed by atoms with Gasteiger partial charge in [-0.1, -0.05) is 5.21 Å². The first kappa shape index (κ1) is 19.9. The Balaban J connectivity index is 1.70. The number of nitrogens with one attached hydrogen (secondary N) is 1. The fourth-order valence-electron chi connectivity index (χ4n) is 5.22. The van der Waals surface area contributed by atoms with Gasteiger partial charge >= 0.3 is 5.97 Å². The van der Waals surface area contributed by atoms with E-state index < -0.39 is 24.7 Å². The Bertz CT molecular complexity index is 1740. The molecule has 5 aromatic heterocycles. The van der Waals surface area contributed by atoms with Gasteiger partial charge in [0.25, 0.3) is 0 Å². The lowest BCUT2D eigenvalue weighted by Gasteiger charge is -2.32. The molecular formula is C25H25FN8O3. The van der Waals surface area contributed by atoms with E-state index in [9.17, 15) is 4.79 Å². The minimum atomic E-state index is -2.52. The van der Waals surface area contributed by atoms with Crippen LogP contribution in [-0.4, -0.2) is 66.0 Å². The van der Waals surface area contributed by atoms with Crippen molar-refractivity contribution in [3.8, 4) is 11.3 Å². The highest BCUT2D eigenvalue weighted by Gasteiger charge is 2.35. The van der Waals surface area contributed by atoms with Gasteiger partial charge in [-0.2, -0.15) is 5.10 Å². The predicted octanol–water partition coefficient (Wildman–Crippen LogP) is 3.35. The van der Waals surface area contributed by atoms with E-state index in [-0.39, 0.29) is 28.7 Å². The van der Waals surface area contributed by atoms with E-state index in [1.165, 1.54) is 36.3 Å². The van der Waals surface area contributed by atoms with Gasteiger partial charge in [-0.15, -0.1) is 5.10 Å². The Hall–Kier alpha value is -4.19. The van der Waals surface area contributed by atoms with Gasteiger partial charge in [-0.05, 0) is 43.8 Å². The highest BCUT2D eigenvalue weighted by Crippen LogP contribution is 2.41. The summed E-state index contributed by atoms with van der Waals surface area (Å²) in [5, 5.41) is 14.9. The lowest BCUT2D eigenvalue weighted by molar-refractivity contribution is 0.0539. The third-order valence-corrected chi connectivity index (χ3v) is 6.88. The molecule has 12 heteroatoms. The van der Waals surface area contributed by atoms with Crippen molar-refractivity contribution in [3.63, 3.8) is 0 Å². The number of ether oxygens (including phenoxy) is 2. The summed E-state index contributed by atoms with van der Waals surface area (Å²) in [6.07, 6.45) is 4.28. The Morgan fingerprint density at radius 2 is 2.16 bits per heavy atom. The number of aromatic nitrogens is 8. The van der Waals surface area contributed by atoms with E-state index in [4.69, 9.17) is 13.6 Å². The zero-order chi connectivity index (χ0) is 28.2. The van der Waals surface area contributed by atoms with Crippen molar-refractivity contribution in [3.05, 3.63) is 53.5 Å².